The third kappa shape index (κ3) is 3.76. The van der Waals surface area contributed by atoms with E-state index in [2.05, 4.69) is 21.2 Å². The monoisotopic (exact) mass is 472 g/mol. The molecule has 1 aromatic heterocycles. The number of hydrogen-bond donors (Lipinski definition) is 1. The van der Waals surface area contributed by atoms with E-state index in [-0.39, 0.29) is 5.91 Å². The van der Waals surface area contributed by atoms with E-state index < -0.39 is 0 Å². The first-order chi connectivity index (χ1) is 13.5. The minimum atomic E-state index is -0.302. The number of para-hydroxylation sites is 1. The van der Waals surface area contributed by atoms with Gasteiger partial charge in [0.25, 0.3) is 5.91 Å². The van der Waals surface area contributed by atoms with E-state index in [4.69, 9.17) is 21.3 Å². The molecule has 0 aliphatic rings. The Morgan fingerprint density at radius 2 is 1.96 bits per heavy atom. The van der Waals surface area contributed by atoms with Crippen molar-refractivity contribution >= 4 is 60.7 Å². The van der Waals surface area contributed by atoms with E-state index in [1.807, 2.05) is 42.5 Å². The summed E-state index contributed by atoms with van der Waals surface area (Å²) in [5.74, 6) is 0.157. The Hall–Kier alpha value is -2.41. The zero-order chi connectivity index (χ0) is 19.7. The molecule has 4 nitrogen and oxygen atoms in total. The maximum atomic E-state index is 12.9. The van der Waals surface area contributed by atoms with Crippen LogP contribution in [-0.4, -0.2) is 18.0 Å². The van der Waals surface area contributed by atoms with Gasteiger partial charge in [-0.25, -0.2) is 4.98 Å². The van der Waals surface area contributed by atoms with Gasteiger partial charge in [0.15, 0.2) is 0 Å². The standard InChI is InChI=1S/C21H14BrClN2O2S/c1-27-18-9-7-13(23)11-15(18)20(26)24-16-8-6-12(22)10-14(16)21-25-17-4-2-3-5-19(17)28-21/h2-11H,1H3,(H,24,26). The SMILES string of the molecule is COc1ccc(Cl)cc1C(=O)Nc1ccc(Br)cc1-c1nc2ccccc2s1. The van der Waals surface area contributed by atoms with Crippen molar-refractivity contribution in [1.29, 1.82) is 0 Å². The van der Waals surface area contributed by atoms with Crippen LogP contribution in [0, 0.1) is 0 Å². The van der Waals surface area contributed by atoms with Crippen LogP contribution in [0.25, 0.3) is 20.8 Å². The number of methoxy groups -OCH3 is 1. The number of nitrogens with one attached hydrogen (secondary N) is 1. The normalized spacial score (nSPS) is 10.8. The zero-order valence-corrected chi connectivity index (χ0v) is 17.9. The van der Waals surface area contributed by atoms with Crippen LogP contribution in [0.1, 0.15) is 10.4 Å². The molecule has 7 heteroatoms. The number of hydrogen-bond acceptors (Lipinski definition) is 4. The lowest BCUT2D eigenvalue weighted by atomic mass is 10.1. The van der Waals surface area contributed by atoms with E-state index >= 15 is 0 Å². The quantitative estimate of drug-likeness (QED) is 0.361. The molecule has 0 saturated carbocycles. The number of carbonyl (C=O) groups excluding carboxylic acids is 1. The Labute approximate surface area is 179 Å². The molecule has 1 heterocycles. The summed E-state index contributed by atoms with van der Waals surface area (Å²) in [5, 5.41) is 4.26. The van der Waals surface area contributed by atoms with E-state index in [1.165, 1.54) is 7.11 Å². The molecule has 0 radical (unpaired) electrons. The second-order valence-corrected chi connectivity index (χ2v) is 8.36. The second-order valence-electron chi connectivity index (χ2n) is 5.98. The minimum Gasteiger partial charge on any atom is -0.496 e. The van der Waals surface area contributed by atoms with Gasteiger partial charge >= 0.3 is 0 Å². The van der Waals surface area contributed by atoms with Gasteiger partial charge in [0.05, 0.1) is 28.6 Å². The van der Waals surface area contributed by atoms with Gasteiger partial charge < -0.3 is 10.1 Å². The Balaban J connectivity index is 1.75. The molecule has 0 atom stereocenters. The highest BCUT2D eigenvalue weighted by Crippen LogP contribution is 2.36. The van der Waals surface area contributed by atoms with Crippen molar-refractivity contribution < 1.29 is 9.53 Å². The fraction of sp³-hybridized carbons (Fsp3) is 0.0476. The maximum absolute atomic E-state index is 12.9. The Bertz CT molecular complexity index is 1160. The van der Waals surface area contributed by atoms with Crippen molar-refractivity contribution in [2.24, 2.45) is 0 Å². The molecular weight excluding hydrogens is 460 g/mol. The average molecular weight is 474 g/mol. The van der Waals surface area contributed by atoms with Crippen molar-refractivity contribution in [3.63, 3.8) is 0 Å². The van der Waals surface area contributed by atoms with E-state index in [1.54, 1.807) is 29.5 Å². The second kappa shape index (κ2) is 7.91. The summed E-state index contributed by atoms with van der Waals surface area (Å²) in [7, 11) is 1.52. The lowest BCUT2D eigenvalue weighted by Gasteiger charge is -2.12. The number of ether oxygens (including phenoxy) is 1. The lowest BCUT2D eigenvalue weighted by Crippen LogP contribution is -2.14. The number of carbonyl (C=O) groups is 1. The summed E-state index contributed by atoms with van der Waals surface area (Å²) >= 11 is 11.1. The van der Waals surface area contributed by atoms with Crippen molar-refractivity contribution in [3.05, 3.63) is 75.7 Å². The van der Waals surface area contributed by atoms with E-state index in [9.17, 15) is 4.79 Å². The predicted molar refractivity (Wildman–Crippen MR) is 119 cm³/mol. The van der Waals surface area contributed by atoms with Gasteiger partial charge in [-0.15, -0.1) is 11.3 Å². The number of aromatic nitrogens is 1. The highest BCUT2D eigenvalue weighted by atomic mass is 79.9. The summed E-state index contributed by atoms with van der Waals surface area (Å²) in [4.78, 5) is 17.6. The third-order valence-corrected chi connectivity index (χ3v) is 5.96. The Morgan fingerprint density at radius 1 is 1.14 bits per heavy atom. The number of nitrogens with zero attached hydrogens (tertiary/aromatic N) is 1. The number of anilines is 1. The fourth-order valence-corrected chi connectivity index (χ4v) is 4.37. The first-order valence-corrected chi connectivity index (χ1v) is 10.3. The maximum Gasteiger partial charge on any atom is 0.259 e. The molecule has 0 saturated heterocycles. The molecule has 28 heavy (non-hydrogen) atoms. The highest BCUT2D eigenvalue weighted by Gasteiger charge is 2.17. The number of halogens is 2. The number of rotatable bonds is 4. The van der Waals surface area contributed by atoms with Gasteiger partial charge in [-0.1, -0.05) is 39.7 Å². The molecule has 0 bridgehead atoms. The van der Waals surface area contributed by atoms with Crippen molar-refractivity contribution in [2.75, 3.05) is 12.4 Å². The average Bonchev–Trinajstić information content (AvgIpc) is 3.13. The number of amides is 1. The summed E-state index contributed by atoms with van der Waals surface area (Å²) < 4.78 is 7.29. The van der Waals surface area contributed by atoms with Crippen LogP contribution in [-0.2, 0) is 0 Å². The fourth-order valence-electron chi connectivity index (χ4n) is 2.84. The first-order valence-electron chi connectivity index (χ1n) is 8.35. The van der Waals surface area contributed by atoms with Gasteiger partial charge in [-0.05, 0) is 48.5 Å². The first kappa shape index (κ1) is 18.9. The molecule has 0 spiro atoms. The molecule has 4 rings (SSSR count). The zero-order valence-electron chi connectivity index (χ0n) is 14.7. The molecule has 0 unspecified atom stereocenters. The van der Waals surface area contributed by atoms with Crippen LogP contribution in [0.2, 0.25) is 5.02 Å². The van der Waals surface area contributed by atoms with Crippen LogP contribution < -0.4 is 10.1 Å². The largest absolute Gasteiger partial charge is 0.496 e. The number of thiazole rings is 1. The topological polar surface area (TPSA) is 51.2 Å². The minimum absolute atomic E-state index is 0.302. The summed E-state index contributed by atoms with van der Waals surface area (Å²) in [5.41, 5.74) is 2.80. The molecule has 0 aliphatic heterocycles. The van der Waals surface area contributed by atoms with Crippen molar-refractivity contribution in [1.82, 2.24) is 4.98 Å². The van der Waals surface area contributed by atoms with E-state index in [0.717, 1.165) is 25.3 Å². The smallest absolute Gasteiger partial charge is 0.259 e. The van der Waals surface area contributed by atoms with Gasteiger partial charge in [0.2, 0.25) is 0 Å². The van der Waals surface area contributed by atoms with Crippen LogP contribution >= 0.6 is 38.9 Å². The summed E-state index contributed by atoms with van der Waals surface area (Å²) in [6, 6.07) is 18.6. The molecular formula is C21H14BrClN2O2S. The van der Waals surface area contributed by atoms with Crippen molar-refractivity contribution in [3.8, 4) is 16.3 Å². The molecule has 140 valence electrons. The third-order valence-electron chi connectivity index (χ3n) is 4.16. The lowest BCUT2D eigenvalue weighted by molar-refractivity contribution is 0.102. The molecule has 0 aliphatic carbocycles. The Kier molecular flexibility index (Phi) is 5.35. The predicted octanol–water partition coefficient (Wildman–Crippen LogP) is 6.64. The molecule has 3 aromatic carbocycles. The van der Waals surface area contributed by atoms with Crippen LogP contribution in [0.15, 0.2) is 65.1 Å². The van der Waals surface area contributed by atoms with Gasteiger partial charge in [0, 0.05) is 15.1 Å². The van der Waals surface area contributed by atoms with Gasteiger partial charge in [-0.2, -0.15) is 0 Å². The molecule has 4 aromatic rings. The van der Waals surface area contributed by atoms with Gasteiger partial charge in [0.1, 0.15) is 10.8 Å². The highest BCUT2D eigenvalue weighted by molar-refractivity contribution is 9.10. The summed E-state index contributed by atoms with van der Waals surface area (Å²) in [6.45, 7) is 0. The molecule has 1 amide bonds. The van der Waals surface area contributed by atoms with Crippen LogP contribution in [0.5, 0.6) is 5.75 Å². The molecule has 1 N–H and O–H groups in total. The van der Waals surface area contributed by atoms with E-state index in [0.29, 0.717) is 22.0 Å². The van der Waals surface area contributed by atoms with Crippen LogP contribution in [0.4, 0.5) is 5.69 Å². The van der Waals surface area contributed by atoms with Gasteiger partial charge in [-0.3, -0.25) is 4.79 Å². The molecule has 0 fully saturated rings. The van der Waals surface area contributed by atoms with Crippen LogP contribution in [0.3, 0.4) is 0 Å². The summed E-state index contributed by atoms with van der Waals surface area (Å²) in [6.07, 6.45) is 0. The number of fused-ring (bicyclic) bond motifs is 1. The van der Waals surface area contributed by atoms with Crippen molar-refractivity contribution in [2.45, 2.75) is 0 Å². The Morgan fingerprint density at radius 3 is 2.75 bits per heavy atom. The number of benzene rings is 3.